The number of aryl methyl sites for hydroxylation is 2. The van der Waals surface area contributed by atoms with Crippen LogP contribution in [0.4, 0.5) is 5.69 Å². The van der Waals surface area contributed by atoms with Gasteiger partial charge in [0, 0.05) is 22.9 Å². The third-order valence-corrected chi connectivity index (χ3v) is 2.99. The first-order valence-electron chi connectivity index (χ1n) is 4.64. The maximum Gasteiger partial charge on any atom is 0.375 e. The van der Waals surface area contributed by atoms with Crippen LogP contribution in [-0.2, 0) is 11.8 Å². The lowest BCUT2D eigenvalue weighted by atomic mass is 10.0. The van der Waals surface area contributed by atoms with Crippen molar-refractivity contribution in [3.05, 3.63) is 32.9 Å². The van der Waals surface area contributed by atoms with Gasteiger partial charge in [-0.3, -0.25) is 10.1 Å². The number of hydrogen-bond donors (Lipinski definition) is 2. The molecule has 0 aliphatic heterocycles. The minimum atomic E-state index is -3.99. The van der Waals surface area contributed by atoms with Crippen LogP contribution in [0.3, 0.4) is 0 Å². The Kier molecular flexibility index (Phi) is 3.88. The van der Waals surface area contributed by atoms with Gasteiger partial charge >= 0.3 is 12.4 Å². The highest BCUT2D eigenvalue weighted by Gasteiger charge is 2.26. The fraction of sp³-hybridized carbons (Fsp3) is 0.333. The molecule has 0 aliphatic carbocycles. The number of nitro groups is 1. The minimum absolute atomic E-state index is 0.166. The van der Waals surface area contributed by atoms with Crippen molar-refractivity contribution < 1.29 is 19.2 Å². The lowest BCUT2D eigenvalue weighted by Gasteiger charge is -2.15. The van der Waals surface area contributed by atoms with Gasteiger partial charge in [-0.25, -0.2) is 0 Å². The summed E-state index contributed by atoms with van der Waals surface area (Å²) in [5.74, 6) is -0.166. The third kappa shape index (κ3) is 3.23. The molecule has 2 N–H and O–H groups in total. The topological polar surface area (TPSA) is 92.8 Å². The monoisotopic (exact) mass is 277 g/mol. The van der Waals surface area contributed by atoms with Crippen molar-refractivity contribution >= 4 is 24.2 Å². The van der Waals surface area contributed by atoms with E-state index < -0.39 is 11.6 Å². The Hall–Kier alpha value is -1.01. The zero-order chi connectivity index (χ0) is 13.4. The number of hydrogen-bond acceptors (Lipinski definition) is 4. The Morgan fingerprint density at radius 1 is 1.35 bits per heavy atom. The van der Waals surface area contributed by atoms with Gasteiger partial charge < -0.3 is 14.3 Å². The second-order valence-corrected chi connectivity index (χ2v) is 6.24. The third-order valence-electron chi connectivity index (χ3n) is 2.35. The first kappa shape index (κ1) is 14.1. The van der Waals surface area contributed by atoms with Crippen LogP contribution in [-0.4, -0.2) is 14.7 Å². The second-order valence-electron chi connectivity index (χ2n) is 3.65. The van der Waals surface area contributed by atoms with Gasteiger partial charge in [-0.1, -0.05) is 0 Å². The zero-order valence-corrected chi connectivity index (χ0v) is 11.2. The molecular formula is C9H12NO5PS. The molecule has 94 valence electrons. The molecule has 0 saturated carbocycles. The lowest BCUT2D eigenvalue weighted by Crippen LogP contribution is -2.01. The maximum absolute atomic E-state index is 10.9. The van der Waals surface area contributed by atoms with Crippen LogP contribution < -0.4 is 4.52 Å². The van der Waals surface area contributed by atoms with E-state index in [-0.39, 0.29) is 11.4 Å². The van der Waals surface area contributed by atoms with Crippen LogP contribution in [0, 0.1) is 30.9 Å². The Morgan fingerprint density at radius 2 is 1.88 bits per heavy atom. The summed E-state index contributed by atoms with van der Waals surface area (Å²) in [4.78, 5) is 28.6. The lowest BCUT2D eigenvalue weighted by molar-refractivity contribution is -0.386. The molecule has 0 fully saturated rings. The Labute approximate surface area is 103 Å². The molecule has 0 heterocycles. The molecule has 0 unspecified atom stereocenters. The summed E-state index contributed by atoms with van der Waals surface area (Å²) >= 11 is 4.34. The fourth-order valence-electron chi connectivity index (χ4n) is 1.49. The van der Waals surface area contributed by atoms with E-state index >= 15 is 0 Å². The van der Waals surface area contributed by atoms with Crippen molar-refractivity contribution in [3.8, 4) is 5.75 Å². The first-order chi connectivity index (χ1) is 7.63. The summed E-state index contributed by atoms with van der Waals surface area (Å²) < 4.78 is 4.78. The summed E-state index contributed by atoms with van der Waals surface area (Å²) in [6.45, 7) is 0.906. The Bertz CT molecular complexity index is 525. The average Bonchev–Trinajstić information content (AvgIpc) is 2.10. The normalized spacial score (nSPS) is 11.4. The van der Waals surface area contributed by atoms with Gasteiger partial charge in [0.1, 0.15) is 0 Å². The van der Waals surface area contributed by atoms with E-state index in [2.05, 4.69) is 11.8 Å². The van der Waals surface area contributed by atoms with Gasteiger partial charge in [0.05, 0.1) is 4.92 Å². The molecule has 0 aliphatic rings. The minimum Gasteiger partial charge on any atom is -0.417 e. The summed E-state index contributed by atoms with van der Waals surface area (Å²) in [7, 11) is 0. The van der Waals surface area contributed by atoms with Crippen LogP contribution in [0.1, 0.15) is 16.7 Å². The number of rotatable bonds is 3. The van der Waals surface area contributed by atoms with Crippen LogP contribution in [0.5, 0.6) is 5.75 Å². The molecule has 0 radical (unpaired) electrons. The molecule has 0 aromatic heterocycles. The molecule has 0 bridgehead atoms. The highest BCUT2D eigenvalue weighted by molar-refractivity contribution is 8.06. The number of nitro benzene ring substituents is 1. The molecule has 6 nitrogen and oxygen atoms in total. The van der Waals surface area contributed by atoms with Gasteiger partial charge in [0.15, 0.2) is 0 Å². The summed E-state index contributed by atoms with van der Waals surface area (Å²) in [6.07, 6.45) is 0. The van der Waals surface area contributed by atoms with Gasteiger partial charge in [-0.15, -0.1) is 0 Å². The highest BCUT2D eigenvalue weighted by atomic mass is 32.5. The second kappa shape index (κ2) is 4.70. The Morgan fingerprint density at radius 3 is 2.29 bits per heavy atom. The van der Waals surface area contributed by atoms with E-state index in [4.69, 9.17) is 14.3 Å². The molecule has 1 rings (SSSR count). The number of benzene rings is 1. The average molecular weight is 277 g/mol. The predicted octanol–water partition coefficient (Wildman–Crippen LogP) is 2.11. The van der Waals surface area contributed by atoms with Crippen molar-refractivity contribution in [1.82, 2.24) is 0 Å². The van der Waals surface area contributed by atoms with E-state index in [1.807, 2.05) is 0 Å². The standard InChI is InChI=1S/C9H12NO5PS/c1-5-4-6(2)8(10(11)12)9(7(5)3)15-16(13,14)17/h4H,1-3H3,(H2,13,14,17). The van der Waals surface area contributed by atoms with Crippen molar-refractivity contribution in [3.63, 3.8) is 0 Å². The SMILES string of the molecule is Cc1cc(C)c([N+](=O)[O-])c(OP(O)(O)=S)c1C. The van der Waals surface area contributed by atoms with E-state index in [1.165, 1.54) is 0 Å². The smallest absolute Gasteiger partial charge is 0.375 e. The molecule has 1 aromatic rings. The van der Waals surface area contributed by atoms with Gasteiger partial charge in [0.2, 0.25) is 5.75 Å². The highest BCUT2D eigenvalue weighted by Crippen LogP contribution is 2.45. The molecule has 0 atom stereocenters. The molecule has 1 aromatic carbocycles. The first-order valence-corrected chi connectivity index (χ1v) is 7.26. The molecule has 0 spiro atoms. The molecule has 0 amide bonds. The van der Waals surface area contributed by atoms with Gasteiger partial charge in [-0.05, 0) is 32.4 Å². The summed E-state index contributed by atoms with van der Waals surface area (Å²) in [6, 6.07) is 1.64. The zero-order valence-electron chi connectivity index (χ0n) is 9.50. The molecular weight excluding hydrogens is 265 g/mol. The van der Waals surface area contributed by atoms with Crippen molar-refractivity contribution in [1.29, 1.82) is 0 Å². The van der Waals surface area contributed by atoms with Gasteiger partial charge in [-0.2, -0.15) is 0 Å². The predicted molar refractivity (Wildman–Crippen MR) is 66.7 cm³/mol. The summed E-state index contributed by atoms with van der Waals surface area (Å²) in [5, 5.41) is 10.9. The van der Waals surface area contributed by atoms with Crippen LogP contribution in [0.15, 0.2) is 6.07 Å². The van der Waals surface area contributed by atoms with E-state index in [9.17, 15) is 10.1 Å². The van der Waals surface area contributed by atoms with Crippen LogP contribution in [0.2, 0.25) is 0 Å². The molecule has 17 heavy (non-hydrogen) atoms. The van der Waals surface area contributed by atoms with Crippen molar-refractivity contribution in [2.75, 3.05) is 0 Å². The van der Waals surface area contributed by atoms with E-state index in [0.29, 0.717) is 11.1 Å². The molecule has 0 saturated heterocycles. The maximum atomic E-state index is 10.9. The van der Waals surface area contributed by atoms with Crippen molar-refractivity contribution in [2.45, 2.75) is 20.8 Å². The van der Waals surface area contributed by atoms with Crippen LogP contribution >= 0.6 is 6.72 Å². The van der Waals surface area contributed by atoms with Gasteiger partial charge in [0.25, 0.3) is 0 Å². The fourth-order valence-corrected chi connectivity index (χ4v) is 2.18. The quantitative estimate of drug-likeness (QED) is 0.499. The Balaban J connectivity index is 3.53. The summed E-state index contributed by atoms with van der Waals surface area (Å²) in [5.41, 5.74) is 1.33. The molecule has 8 heteroatoms. The number of nitrogens with zero attached hydrogens (tertiary/aromatic N) is 1. The van der Waals surface area contributed by atoms with Crippen LogP contribution in [0.25, 0.3) is 0 Å². The van der Waals surface area contributed by atoms with E-state index in [1.54, 1.807) is 26.8 Å². The van der Waals surface area contributed by atoms with Crippen molar-refractivity contribution in [2.24, 2.45) is 0 Å². The largest absolute Gasteiger partial charge is 0.417 e. The van der Waals surface area contributed by atoms with E-state index in [0.717, 1.165) is 5.56 Å².